The zero-order chi connectivity index (χ0) is 19.9. The van der Waals surface area contributed by atoms with Gasteiger partial charge in [0.1, 0.15) is 12.4 Å². The largest absolute Gasteiger partial charge is 0.485 e. The molecule has 0 radical (unpaired) electrons. The van der Waals surface area contributed by atoms with E-state index in [1.165, 1.54) is 11.1 Å². The number of fused-ring (bicyclic) bond motifs is 8. The number of benzene rings is 3. The van der Waals surface area contributed by atoms with Crippen molar-refractivity contribution in [3.05, 3.63) is 89.5 Å². The normalized spacial score (nSPS) is 17.1. The second-order valence-corrected chi connectivity index (χ2v) is 7.74. The maximum absolute atomic E-state index is 10.2. The third kappa shape index (κ3) is 5.61. The Balaban J connectivity index is 1.57. The predicted molar refractivity (Wildman–Crippen MR) is 116 cm³/mol. The Hall–Kier alpha value is -2.78. The maximum Gasteiger partial charge on any atom is 0.169 e. The lowest BCUT2D eigenvalue weighted by Gasteiger charge is -2.14. The Bertz CT molecular complexity index is 903. The molecule has 29 heavy (non-hydrogen) atoms. The Morgan fingerprint density at radius 3 is 2.45 bits per heavy atom. The summed E-state index contributed by atoms with van der Waals surface area (Å²) in [5.41, 5.74) is 3.58. The van der Waals surface area contributed by atoms with E-state index in [0.717, 1.165) is 61.3 Å². The van der Waals surface area contributed by atoms with Crippen molar-refractivity contribution < 1.29 is 14.6 Å². The molecule has 1 N–H and O–H groups in total. The summed E-state index contributed by atoms with van der Waals surface area (Å²) in [7, 11) is 0. The van der Waals surface area contributed by atoms with Gasteiger partial charge in [-0.15, -0.1) is 0 Å². The van der Waals surface area contributed by atoms with Crippen molar-refractivity contribution >= 4 is 0 Å². The molecule has 2 aliphatic rings. The van der Waals surface area contributed by atoms with Crippen molar-refractivity contribution in [2.24, 2.45) is 0 Å². The van der Waals surface area contributed by atoms with Crippen LogP contribution in [0.1, 0.15) is 42.4 Å². The standard InChI is InChI=1S/C26H28O3/c27-23-9-5-4-6-21-13-17-25(28-19-22-7-2-1-3-8-22)26(18-21)29-24-15-11-20(10-14-23)12-16-24/h1-3,7-8,11-13,15-18,23,27H,4-6,9-10,14,19H2/t23-/m0/s1. The van der Waals surface area contributed by atoms with Gasteiger partial charge in [-0.05, 0) is 73.1 Å². The fourth-order valence-electron chi connectivity index (χ4n) is 3.68. The highest BCUT2D eigenvalue weighted by molar-refractivity contribution is 5.46. The first kappa shape index (κ1) is 19.5. The molecule has 3 nitrogen and oxygen atoms in total. The number of hydrogen-bond donors (Lipinski definition) is 1. The number of aliphatic hydroxyl groups excluding tert-OH is 1. The van der Waals surface area contributed by atoms with Crippen molar-refractivity contribution in [2.45, 2.75) is 51.2 Å². The quantitative estimate of drug-likeness (QED) is 0.591. The SMILES string of the molecule is O[C@H]1CCCCc2ccc(OCc3ccccc3)c(c2)Oc2ccc(cc2)CC1. The molecule has 0 fully saturated rings. The number of aliphatic hydroxyl groups is 1. The molecular formula is C26H28O3. The highest BCUT2D eigenvalue weighted by Gasteiger charge is 2.11. The van der Waals surface area contributed by atoms with Crippen LogP contribution in [-0.2, 0) is 19.4 Å². The summed E-state index contributed by atoms with van der Waals surface area (Å²) < 4.78 is 12.3. The van der Waals surface area contributed by atoms with E-state index in [0.29, 0.717) is 6.61 Å². The zero-order valence-corrected chi connectivity index (χ0v) is 16.7. The molecule has 2 heterocycles. The lowest BCUT2D eigenvalue weighted by molar-refractivity contribution is 0.151. The molecule has 3 aromatic carbocycles. The van der Waals surface area contributed by atoms with Crippen molar-refractivity contribution in [2.75, 3.05) is 0 Å². The van der Waals surface area contributed by atoms with Crippen LogP contribution in [0.3, 0.4) is 0 Å². The molecule has 1 atom stereocenters. The summed E-state index contributed by atoms with van der Waals surface area (Å²) in [5, 5.41) is 10.2. The molecule has 0 spiro atoms. The lowest BCUT2D eigenvalue weighted by atomic mass is 10.0. The Kier molecular flexibility index (Phi) is 6.48. The lowest BCUT2D eigenvalue weighted by Crippen LogP contribution is -2.08. The number of rotatable bonds is 3. The van der Waals surface area contributed by atoms with Crippen LogP contribution in [0.15, 0.2) is 72.8 Å². The van der Waals surface area contributed by atoms with E-state index in [1.54, 1.807) is 0 Å². The fourth-order valence-corrected chi connectivity index (χ4v) is 3.68. The molecule has 3 heteroatoms. The van der Waals surface area contributed by atoms with Gasteiger partial charge in [-0.1, -0.05) is 55.0 Å². The summed E-state index contributed by atoms with van der Waals surface area (Å²) in [6.45, 7) is 0.507. The van der Waals surface area contributed by atoms with E-state index >= 15 is 0 Å². The second kappa shape index (κ2) is 9.62. The fraction of sp³-hybridized carbons (Fsp3) is 0.308. The molecule has 0 amide bonds. The maximum atomic E-state index is 10.2. The summed E-state index contributed by atoms with van der Waals surface area (Å²) in [4.78, 5) is 0. The van der Waals surface area contributed by atoms with Gasteiger partial charge in [0, 0.05) is 0 Å². The Morgan fingerprint density at radius 2 is 1.62 bits per heavy atom. The molecule has 4 bridgehead atoms. The van der Waals surface area contributed by atoms with Gasteiger partial charge >= 0.3 is 0 Å². The Morgan fingerprint density at radius 1 is 0.828 bits per heavy atom. The molecule has 0 saturated carbocycles. The second-order valence-electron chi connectivity index (χ2n) is 7.74. The first-order chi connectivity index (χ1) is 14.3. The van der Waals surface area contributed by atoms with Crippen molar-refractivity contribution in [1.29, 1.82) is 0 Å². The third-order valence-electron chi connectivity index (χ3n) is 5.42. The predicted octanol–water partition coefficient (Wildman–Crippen LogP) is 6.08. The average Bonchev–Trinajstić information content (AvgIpc) is 2.76. The minimum atomic E-state index is -0.222. The van der Waals surface area contributed by atoms with Crippen molar-refractivity contribution in [3.63, 3.8) is 0 Å². The monoisotopic (exact) mass is 388 g/mol. The number of hydrogen-bond acceptors (Lipinski definition) is 3. The van der Waals surface area contributed by atoms with Gasteiger partial charge in [-0.25, -0.2) is 0 Å². The third-order valence-corrected chi connectivity index (χ3v) is 5.42. The molecule has 5 rings (SSSR count). The van der Waals surface area contributed by atoms with Crippen LogP contribution in [-0.4, -0.2) is 11.2 Å². The molecule has 0 unspecified atom stereocenters. The van der Waals surface area contributed by atoms with Gasteiger partial charge < -0.3 is 14.6 Å². The van der Waals surface area contributed by atoms with E-state index in [4.69, 9.17) is 9.47 Å². The first-order valence-electron chi connectivity index (χ1n) is 10.5. The van der Waals surface area contributed by atoms with Gasteiger partial charge in [0.25, 0.3) is 0 Å². The van der Waals surface area contributed by atoms with Crippen molar-refractivity contribution in [3.8, 4) is 17.2 Å². The van der Waals surface area contributed by atoms with Crippen LogP contribution in [0.2, 0.25) is 0 Å². The summed E-state index contributed by atoms with van der Waals surface area (Å²) in [6, 6.07) is 24.5. The Labute approximate surface area is 172 Å². The van der Waals surface area contributed by atoms with Crippen LogP contribution < -0.4 is 9.47 Å². The molecular weight excluding hydrogens is 360 g/mol. The molecule has 2 aliphatic heterocycles. The number of aryl methyl sites for hydroxylation is 2. The highest BCUT2D eigenvalue weighted by Crippen LogP contribution is 2.34. The van der Waals surface area contributed by atoms with E-state index in [1.807, 2.05) is 36.4 Å². The van der Waals surface area contributed by atoms with E-state index < -0.39 is 0 Å². The van der Waals surface area contributed by atoms with Gasteiger partial charge in [0.15, 0.2) is 11.5 Å². The minimum Gasteiger partial charge on any atom is -0.485 e. The topological polar surface area (TPSA) is 38.7 Å². The van der Waals surface area contributed by atoms with E-state index in [2.05, 4.69) is 36.4 Å². The minimum absolute atomic E-state index is 0.222. The van der Waals surface area contributed by atoms with Crippen LogP contribution in [0.5, 0.6) is 17.2 Å². The van der Waals surface area contributed by atoms with E-state index in [9.17, 15) is 5.11 Å². The summed E-state index contributed by atoms with van der Waals surface area (Å²) in [6.07, 6.45) is 5.40. The van der Waals surface area contributed by atoms with Crippen LogP contribution in [0.4, 0.5) is 0 Å². The van der Waals surface area contributed by atoms with Crippen molar-refractivity contribution in [1.82, 2.24) is 0 Å². The molecule has 150 valence electrons. The summed E-state index contributed by atoms with van der Waals surface area (Å²) in [5.74, 6) is 2.30. The summed E-state index contributed by atoms with van der Waals surface area (Å²) >= 11 is 0. The van der Waals surface area contributed by atoms with Gasteiger partial charge in [0.2, 0.25) is 0 Å². The molecule has 3 aromatic rings. The van der Waals surface area contributed by atoms with E-state index in [-0.39, 0.29) is 6.10 Å². The van der Waals surface area contributed by atoms with Crippen LogP contribution in [0, 0.1) is 0 Å². The van der Waals surface area contributed by atoms with Gasteiger partial charge in [0.05, 0.1) is 6.10 Å². The first-order valence-corrected chi connectivity index (χ1v) is 10.5. The van der Waals surface area contributed by atoms with Crippen LogP contribution >= 0.6 is 0 Å². The van der Waals surface area contributed by atoms with Crippen LogP contribution in [0.25, 0.3) is 0 Å². The smallest absolute Gasteiger partial charge is 0.169 e. The highest BCUT2D eigenvalue weighted by atomic mass is 16.5. The van der Waals surface area contributed by atoms with Gasteiger partial charge in [-0.2, -0.15) is 0 Å². The molecule has 0 aromatic heterocycles. The molecule has 0 saturated heterocycles. The zero-order valence-electron chi connectivity index (χ0n) is 16.7. The average molecular weight is 389 g/mol. The molecule has 0 aliphatic carbocycles. The number of ether oxygens (including phenoxy) is 2. The van der Waals surface area contributed by atoms with Gasteiger partial charge in [-0.3, -0.25) is 0 Å².